The van der Waals surface area contributed by atoms with Crippen LogP contribution in [0.2, 0.25) is 0 Å². The lowest BCUT2D eigenvalue weighted by atomic mass is 9.95. The lowest BCUT2D eigenvalue weighted by molar-refractivity contribution is -0.132. The van der Waals surface area contributed by atoms with Gasteiger partial charge in [0.1, 0.15) is 23.1 Å². The third-order valence-corrected chi connectivity index (χ3v) is 7.42. The third kappa shape index (κ3) is 5.64. The molecule has 1 aliphatic heterocycles. The van der Waals surface area contributed by atoms with Crippen molar-refractivity contribution in [2.45, 2.75) is 33.4 Å². The molecule has 210 valence electrons. The van der Waals surface area contributed by atoms with Gasteiger partial charge < -0.3 is 19.3 Å². The van der Waals surface area contributed by atoms with Gasteiger partial charge in [0.15, 0.2) is 11.5 Å². The summed E-state index contributed by atoms with van der Waals surface area (Å²) in [4.78, 5) is 28.1. The van der Waals surface area contributed by atoms with Gasteiger partial charge in [-0.05, 0) is 68.3 Å². The van der Waals surface area contributed by atoms with Crippen LogP contribution in [0.15, 0.2) is 72.3 Å². The molecule has 2 heterocycles. The Kier molecular flexibility index (Phi) is 8.02. The number of carbonyl (C=O) groups excluding carboxylic acids is 2. The minimum Gasteiger partial charge on any atom is -0.507 e. The van der Waals surface area contributed by atoms with Crippen LogP contribution in [-0.4, -0.2) is 40.7 Å². The molecule has 1 aromatic heterocycles. The van der Waals surface area contributed by atoms with Gasteiger partial charge in [-0.1, -0.05) is 47.2 Å². The van der Waals surface area contributed by atoms with Crippen LogP contribution in [0.1, 0.15) is 40.2 Å². The van der Waals surface area contributed by atoms with Crippen molar-refractivity contribution in [1.82, 2.24) is 10.2 Å². The third-order valence-electron chi connectivity index (χ3n) is 6.58. The number of aliphatic hydroxyl groups is 1. The number of hydrogen-bond donors (Lipinski definition) is 1. The van der Waals surface area contributed by atoms with Crippen LogP contribution in [0.3, 0.4) is 0 Å². The number of amides is 1. The molecule has 0 spiro atoms. The van der Waals surface area contributed by atoms with Crippen molar-refractivity contribution in [2.75, 3.05) is 18.6 Å². The number of anilines is 1. The number of ketones is 1. The molecule has 5 rings (SSSR count). The number of aromatic nitrogens is 2. The van der Waals surface area contributed by atoms with Crippen molar-refractivity contribution < 1.29 is 28.9 Å². The van der Waals surface area contributed by atoms with Crippen molar-refractivity contribution in [2.24, 2.45) is 0 Å². The Balaban J connectivity index is 1.53. The molecule has 4 aromatic rings. The Labute approximate surface area is 241 Å². The Bertz CT molecular complexity index is 1630. The molecular formula is C31H29N3O6S. The second-order valence-electron chi connectivity index (χ2n) is 9.42. The molecule has 0 bridgehead atoms. The van der Waals surface area contributed by atoms with Crippen molar-refractivity contribution in [3.8, 4) is 17.2 Å². The minimum atomic E-state index is -0.968. The first-order valence-electron chi connectivity index (χ1n) is 13.0. The number of nitrogens with zero attached hydrogens (tertiary/aromatic N) is 3. The van der Waals surface area contributed by atoms with Crippen LogP contribution in [0, 0.1) is 13.8 Å². The highest BCUT2D eigenvalue weighted by molar-refractivity contribution is 7.15. The van der Waals surface area contributed by atoms with E-state index in [-0.39, 0.29) is 16.5 Å². The monoisotopic (exact) mass is 571 g/mol. The van der Waals surface area contributed by atoms with Gasteiger partial charge in [0.05, 0.1) is 25.3 Å². The first kappa shape index (κ1) is 27.9. The van der Waals surface area contributed by atoms with Crippen molar-refractivity contribution in [1.29, 1.82) is 0 Å². The molecule has 1 aliphatic rings. The predicted molar refractivity (Wildman–Crippen MR) is 156 cm³/mol. The Morgan fingerprint density at radius 1 is 0.976 bits per heavy atom. The van der Waals surface area contributed by atoms with E-state index < -0.39 is 17.7 Å². The van der Waals surface area contributed by atoms with Gasteiger partial charge in [0.25, 0.3) is 5.78 Å². The molecular weight excluding hydrogens is 542 g/mol. The van der Waals surface area contributed by atoms with E-state index in [0.717, 1.165) is 11.1 Å². The molecule has 0 aliphatic carbocycles. The summed E-state index contributed by atoms with van der Waals surface area (Å²) in [7, 11) is 1.51. The average Bonchev–Trinajstić information content (AvgIpc) is 3.52. The molecule has 1 unspecified atom stereocenters. The van der Waals surface area contributed by atoms with Crippen molar-refractivity contribution >= 4 is 33.9 Å². The van der Waals surface area contributed by atoms with Crippen molar-refractivity contribution in [3.63, 3.8) is 0 Å². The minimum absolute atomic E-state index is 0.0671. The van der Waals surface area contributed by atoms with E-state index >= 15 is 0 Å². The fraction of sp³-hybridized carbons (Fsp3) is 0.226. The zero-order valence-corrected chi connectivity index (χ0v) is 23.9. The number of carbonyl (C=O) groups is 2. The highest BCUT2D eigenvalue weighted by Crippen LogP contribution is 2.44. The molecule has 1 atom stereocenters. The van der Waals surface area contributed by atoms with Gasteiger partial charge in [0, 0.05) is 5.56 Å². The summed E-state index contributed by atoms with van der Waals surface area (Å²) in [6.07, 6.45) is 0. The van der Waals surface area contributed by atoms with Crippen LogP contribution in [0.25, 0.3) is 5.76 Å². The summed E-state index contributed by atoms with van der Waals surface area (Å²) in [5, 5.41) is 20.5. The van der Waals surface area contributed by atoms with Crippen LogP contribution in [0.5, 0.6) is 17.2 Å². The fourth-order valence-corrected chi connectivity index (χ4v) is 5.41. The Morgan fingerprint density at radius 2 is 1.76 bits per heavy atom. The summed E-state index contributed by atoms with van der Waals surface area (Å²) in [5.74, 6) is -0.398. The molecule has 1 saturated heterocycles. The molecule has 9 nitrogen and oxygen atoms in total. The topological polar surface area (TPSA) is 111 Å². The number of aryl methyl sites for hydroxylation is 2. The first-order valence-corrected chi connectivity index (χ1v) is 13.8. The summed E-state index contributed by atoms with van der Waals surface area (Å²) in [6.45, 7) is 6.46. The number of hydrogen-bond acceptors (Lipinski definition) is 9. The molecule has 41 heavy (non-hydrogen) atoms. The normalized spacial score (nSPS) is 16.2. The molecule has 3 aromatic carbocycles. The lowest BCUT2D eigenvalue weighted by Crippen LogP contribution is -2.29. The zero-order chi connectivity index (χ0) is 29.1. The average molecular weight is 572 g/mol. The van der Waals surface area contributed by atoms with E-state index in [1.54, 1.807) is 49.4 Å². The summed E-state index contributed by atoms with van der Waals surface area (Å²) in [5.41, 5.74) is 3.02. The van der Waals surface area contributed by atoms with Gasteiger partial charge in [-0.2, -0.15) is 0 Å². The van der Waals surface area contributed by atoms with Crippen molar-refractivity contribution in [3.05, 3.63) is 99.6 Å². The van der Waals surface area contributed by atoms with Crippen LogP contribution in [0.4, 0.5) is 5.13 Å². The largest absolute Gasteiger partial charge is 0.507 e. The SMILES string of the molecule is CCOc1ccc(C2/C(=C(\O)c3ccc(OCc4cccc(C)c4)cc3)C(=O)C(=O)N2c2nnc(C)s2)cc1OC. The number of rotatable bonds is 9. The van der Waals surface area contributed by atoms with E-state index in [1.807, 2.05) is 32.0 Å². The molecule has 1 fully saturated rings. The van der Waals surface area contributed by atoms with Gasteiger partial charge >= 0.3 is 5.91 Å². The van der Waals surface area contributed by atoms with Crippen LogP contribution in [-0.2, 0) is 16.2 Å². The standard InChI is InChI=1S/C31H29N3O6S/c1-5-39-24-14-11-22(16-25(24)38-4)27-26(29(36)30(37)34(27)31-33-32-19(3)41-31)28(35)21-9-12-23(13-10-21)40-17-20-8-6-7-18(2)15-20/h6-16,27,35H,5,17H2,1-4H3/b28-26+. The Hall–Kier alpha value is -4.70. The number of ether oxygens (including phenoxy) is 3. The summed E-state index contributed by atoms with van der Waals surface area (Å²) < 4.78 is 17.1. The van der Waals surface area contributed by atoms with E-state index in [0.29, 0.717) is 46.6 Å². The fourth-order valence-electron chi connectivity index (χ4n) is 4.69. The smallest absolute Gasteiger partial charge is 0.301 e. The molecule has 1 amide bonds. The second-order valence-corrected chi connectivity index (χ2v) is 10.6. The summed E-state index contributed by atoms with van der Waals surface area (Å²) in [6, 6.07) is 18.9. The van der Waals surface area contributed by atoms with Gasteiger partial charge in [-0.15, -0.1) is 10.2 Å². The van der Waals surface area contributed by atoms with E-state index in [1.165, 1.54) is 23.3 Å². The summed E-state index contributed by atoms with van der Waals surface area (Å²) >= 11 is 1.18. The second kappa shape index (κ2) is 11.8. The predicted octanol–water partition coefficient (Wildman–Crippen LogP) is 5.77. The number of methoxy groups -OCH3 is 1. The highest BCUT2D eigenvalue weighted by atomic mass is 32.1. The Morgan fingerprint density at radius 3 is 2.41 bits per heavy atom. The molecule has 0 saturated carbocycles. The van der Waals surface area contributed by atoms with Crippen LogP contribution < -0.4 is 19.1 Å². The van der Waals surface area contributed by atoms with E-state index in [2.05, 4.69) is 16.3 Å². The van der Waals surface area contributed by atoms with E-state index in [4.69, 9.17) is 14.2 Å². The van der Waals surface area contributed by atoms with E-state index in [9.17, 15) is 14.7 Å². The zero-order valence-electron chi connectivity index (χ0n) is 23.1. The van der Waals surface area contributed by atoms with Gasteiger partial charge in [0.2, 0.25) is 5.13 Å². The maximum absolute atomic E-state index is 13.4. The van der Waals surface area contributed by atoms with Gasteiger partial charge in [-0.3, -0.25) is 14.5 Å². The van der Waals surface area contributed by atoms with Gasteiger partial charge in [-0.25, -0.2) is 0 Å². The molecule has 10 heteroatoms. The number of benzene rings is 3. The van der Waals surface area contributed by atoms with Crippen LogP contribution >= 0.6 is 11.3 Å². The quantitative estimate of drug-likeness (QED) is 0.153. The molecule has 0 radical (unpaired) electrons. The maximum atomic E-state index is 13.4. The number of aliphatic hydroxyl groups excluding tert-OH is 1. The maximum Gasteiger partial charge on any atom is 0.301 e. The number of Topliss-reactive ketones (excluding diaryl/α,β-unsaturated/α-hetero) is 1. The molecule has 1 N–H and O–H groups in total. The highest BCUT2D eigenvalue weighted by Gasteiger charge is 2.48. The lowest BCUT2D eigenvalue weighted by Gasteiger charge is -2.23. The first-order chi connectivity index (χ1) is 19.8.